The number of hydrogen-bond acceptors (Lipinski definition) is 4. The van der Waals surface area contributed by atoms with Crippen molar-refractivity contribution in [1.82, 2.24) is 0 Å². The summed E-state index contributed by atoms with van der Waals surface area (Å²) in [5, 5.41) is 18.5. The number of hydrogen-bond donors (Lipinski definition) is 2. The third-order valence-electron chi connectivity index (χ3n) is 2.17. The van der Waals surface area contributed by atoms with Gasteiger partial charge in [-0.1, -0.05) is 0 Å². The van der Waals surface area contributed by atoms with Crippen molar-refractivity contribution < 1.29 is 23.8 Å². The van der Waals surface area contributed by atoms with Crippen LogP contribution in [0.2, 0.25) is 0 Å². The Kier molecular flexibility index (Phi) is 2.54. The molecule has 0 radical (unpaired) electrons. The van der Waals surface area contributed by atoms with Crippen molar-refractivity contribution in [2.24, 2.45) is 0 Å². The lowest BCUT2D eigenvalue weighted by Crippen LogP contribution is -1.97. The van der Waals surface area contributed by atoms with E-state index in [2.05, 4.69) is 0 Å². The van der Waals surface area contributed by atoms with Crippen molar-refractivity contribution in [2.75, 3.05) is 0 Å². The third-order valence-corrected chi connectivity index (χ3v) is 2.17. The van der Waals surface area contributed by atoms with Gasteiger partial charge in [0.1, 0.15) is 17.6 Å². The largest absolute Gasteiger partial charge is 0.475 e. The molecule has 2 heterocycles. The fraction of sp³-hybridized carbons (Fsp3) is 0.182. The average molecular weight is 222 g/mol. The van der Waals surface area contributed by atoms with Gasteiger partial charge in [0.05, 0.1) is 6.26 Å². The van der Waals surface area contributed by atoms with E-state index in [0.717, 1.165) is 0 Å². The number of furan rings is 2. The van der Waals surface area contributed by atoms with Gasteiger partial charge in [0.15, 0.2) is 0 Å². The van der Waals surface area contributed by atoms with Crippen LogP contribution in [0.3, 0.4) is 0 Å². The molecule has 2 rings (SSSR count). The normalized spacial score (nSPS) is 12.6. The van der Waals surface area contributed by atoms with Gasteiger partial charge in [-0.2, -0.15) is 0 Å². The molecular weight excluding hydrogens is 212 g/mol. The topological polar surface area (TPSA) is 83.8 Å². The molecule has 1 atom stereocenters. The SMILES string of the molecule is Cc1cc(C(O)c2ccc(C(=O)O)o2)co1. The Morgan fingerprint density at radius 2 is 2.19 bits per heavy atom. The molecule has 1 unspecified atom stereocenters. The fourth-order valence-electron chi connectivity index (χ4n) is 1.39. The molecule has 16 heavy (non-hydrogen) atoms. The molecule has 0 fully saturated rings. The lowest BCUT2D eigenvalue weighted by Gasteiger charge is -2.03. The molecular formula is C11H10O5. The number of aryl methyl sites for hydroxylation is 1. The van der Waals surface area contributed by atoms with Gasteiger partial charge >= 0.3 is 5.97 Å². The Morgan fingerprint density at radius 3 is 2.69 bits per heavy atom. The molecule has 0 saturated carbocycles. The number of carbonyl (C=O) groups is 1. The summed E-state index contributed by atoms with van der Waals surface area (Å²) in [6.45, 7) is 1.75. The van der Waals surface area contributed by atoms with Gasteiger partial charge in [-0.15, -0.1) is 0 Å². The Morgan fingerprint density at radius 1 is 1.44 bits per heavy atom. The van der Waals surface area contributed by atoms with Gasteiger partial charge in [-0.25, -0.2) is 4.79 Å². The monoisotopic (exact) mass is 222 g/mol. The zero-order valence-electron chi connectivity index (χ0n) is 8.51. The zero-order valence-corrected chi connectivity index (χ0v) is 8.51. The smallest absolute Gasteiger partial charge is 0.371 e. The van der Waals surface area contributed by atoms with Crippen molar-refractivity contribution in [3.8, 4) is 0 Å². The van der Waals surface area contributed by atoms with Gasteiger partial charge < -0.3 is 19.0 Å². The molecule has 5 heteroatoms. The van der Waals surface area contributed by atoms with Crippen molar-refractivity contribution >= 4 is 5.97 Å². The predicted molar refractivity (Wildman–Crippen MR) is 53.2 cm³/mol. The van der Waals surface area contributed by atoms with E-state index in [0.29, 0.717) is 11.3 Å². The van der Waals surface area contributed by atoms with Crippen LogP contribution in [0.15, 0.2) is 33.3 Å². The van der Waals surface area contributed by atoms with Crippen LogP contribution >= 0.6 is 0 Å². The van der Waals surface area contributed by atoms with E-state index >= 15 is 0 Å². The quantitative estimate of drug-likeness (QED) is 0.829. The molecule has 2 aromatic rings. The molecule has 0 aliphatic rings. The first-order valence-corrected chi connectivity index (χ1v) is 4.64. The Labute approximate surface area is 90.9 Å². The van der Waals surface area contributed by atoms with Crippen molar-refractivity contribution in [1.29, 1.82) is 0 Å². The van der Waals surface area contributed by atoms with Crippen molar-refractivity contribution in [3.63, 3.8) is 0 Å². The molecule has 2 aromatic heterocycles. The molecule has 0 aliphatic carbocycles. The Hall–Kier alpha value is -2.01. The summed E-state index contributed by atoms with van der Waals surface area (Å²) in [5.41, 5.74) is 0.531. The first kappa shape index (κ1) is 10.5. The number of aromatic carboxylic acids is 1. The van der Waals surface area contributed by atoms with Gasteiger partial charge in [0, 0.05) is 5.56 Å². The summed E-state index contributed by atoms with van der Waals surface area (Å²) in [7, 11) is 0. The van der Waals surface area contributed by atoms with Crippen LogP contribution in [0, 0.1) is 6.92 Å². The maximum atomic E-state index is 10.6. The summed E-state index contributed by atoms with van der Waals surface area (Å²) in [4.78, 5) is 10.6. The molecule has 0 aromatic carbocycles. The highest BCUT2D eigenvalue weighted by atomic mass is 16.4. The second-order valence-corrected chi connectivity index (χ2v) is 3.40. The van der Waals surface area contributed by atoms with E-state index in [9.17, 15) is 9.90 Å². The van der Waals surface area contributed by atoms with Gasteiger partial charge in [-0.3, -0.25) is 0 Å². The third kappa shape index (κ3) is 1.85. The molecule has 0 spiro atoms. The van der Waals surface area contributed by atoms with Gasteiger partial charge in [0.25, 0.3) is 0 Å². The second-order valence-electron chi connectivity index (χ2n) is 3.40. The number of aliphatic hydroxyl groups is 1. The van der Waals surface area contributed by atoms with E-state index < -0.39 is 12.1 Å². The lowest BCUT2D eigenvalue weighted by molar-refractivity contribution is 0.0655. The standard InChI is InChI=1S/C11H10O5/c1-6-4-7(5-15-6)10(12)8-2-3-9(16-8)11(13)14/h2-5,10,12H,1H3,(H,13,14). The summed E-state index contributed by atoms with van der Waals surface area (Å²) in [6, 6.07) is 4.39. The molecule has 5 nitrogen and oxygen atoms in total. The average Bonchev–Trinajstić information content (AvgIpc) is 2.84. The van der Waals surface area contributed by atoms with E-state index in [1.807, 2.05) is 0 Å². The minimum absolute atomic E-state index is 0.179. The number of rotatable bonds is 3. The van der Waals surface area contributed by atoms with E-state index in [1.54, 1.807) is 13.0 Å². The van der Waals surface area contributed by atoms with E-state index in [1.165, 1.54) is 18.4 Å². The van der Waals surface area contributed by atoms with Crippen LogP contribution in [0.4, 0.5) is 0 Å². The molecule has 0 saturated heterocycles. The Bertz CT molecular complexity index is 508. The van der Waals surface area contributed by atoms with Crippen LogP contribution in [0.5, 0.6) is 0 Å². The Balaban J connectivity index is 2.26. The highest BCUT2D eigenvalue weighted by molar-refractivity contribution is 5.84. The van der Waals surface area contributed by atoms with Gasteiger partial charge in [-0.05, 0) is 25.1 Å². The van der Waals surface area contributed by atoms with Crippen LogP contribution in [-0.4, -0.2) is 16.2 Å². The number of carboxylic acid groups (broad SMARTS) is 1. The maximum Gasteiger partial charge on any atom is 0.371 e. The van der Waals surface area contributed by atoms with Crippen LogP contribution in [0.1, 0.15) is 33.7 Å². The first-order valence-electron chi connectivity index (χ1n) is 4.64. The minimum Gasteiger partial charge on any atom is -0.475 e. The highest BCUT2D eigenvalue weighted by Gasteiger charge is 2.18. The van der Waals surface area contributed by atoms with E-state index in [4.69, 9.17) is 13.9 Å². The summed E-state index contributed by atoms with van der Waals surface area (Å²) in [5.74, 6) is -0.520. The first-order chi connectivity index (χ1) is 7.58. The predicted octanol–water partition coefficient (Wildman–Crippen LogP) is 1.96. The summed E-state index contributed by atoms with van der Waals surface area (Å²) < 4.78 is 10.0. The molecule has 0 bridgehead atoms. The molecule has 0 aliphatic heterocycles. The van der Waals surface area contributed by atoms with Crippen LogP contribution in [-0.2, 0) is 0 Å². The second kappa shape index (κ2) is 3.86. The molecule has 2 N–H and O–H groups in total. The maximum absolute atomic E-state index is 10.6. The van der Waals surface area contributed by atoms with E-state index in [-0.39, 0.29) is 11.5 Å². The lowest BCUT2D eigenvalue weighted by atomic mass is 10.1. The number of carboxylic acids is 1. The summed E-state index contributed by atoms with van der Waals surface area (Å²) in [6.07, 6.45) is 0.397. The van der Waals surface area contributed by atoms with Crippen molar-refractivity contribution in [3.05, 3.63) is 47.3 Å². The highest BCUT2D eigenvalue weighted by Crippen LogP contribution is 2.25. The summed E-state index contributed by atoms with van der Waals surface area (Å²) >= 11 is 0. The van der Waals surface area contributed by atoms with Gasteiger partial charge in [0.2, 0.25) is 5.76 Å². The molecule has 84 valence electrons. The minimum atomic E-state index is -1.16. The molecule has 0 amide bonds. The van der Waals surface area contributed by atoms with Crippen molar-refractivity contribution in [2.45, 2.75) is 13.0 Å². The van der Waals surface area contributed by atoms with Crippen LogP contribution < -0.4 is 0 Å². The number of aliphatic hydroxyl groups excluding tert-OH is 1. The van der Waals surface area contributed by atoms with Crippen LogP contribution in [0.25, 0.3) is 0 Å². The fourth-order valence-corrected chi connectivity index (χ4v) is 1.39. The zero-order chi connectivity index (χ0) is 11.7.